The van der Waals surface area contributed by atoms with Gasteiger partial charge in [0.1, 0.15) is 5.75 Å². The Kier molecular flexibility index (Phi) is 2.95. The molecule has 1 amide bonds. The smallest absolute Gasteiger partial charge is 0.253 e. The van der Waals surface area contributed by atoms with Crippen LogP contribution in [0.25, 0.3) is 0 Å². The van der Waals surface area contributed by atoms with Gasteiger partial charge in [0.05, 0.1) is 11.6 Å². The summed E-state index contributed by atoms with van der Waals surface area (Å²) in [5, 5.41) is 0. The van der Waals surface area contributed by atoms with Gasteiger partial charge in [-0.05, 0) is 40.5 Å². The zero-order valence-corrected chi connectivity index (χ0v) is 10.1. The van der Waals surface area contributed by atoms with Crippen LogP contribution >= 0.6 is 15.9 Å². The van der Waals surface area contributed by atoms with Crippen LogP contribution in [0.1, 0.15) is 16.8 Å². The Hall–Kier alpha value is -1.03. The summed E-state index contributed by atoms with van der Waals surface area (Å²) in [5.41, 5.74) is 0.690. The van der Waals surface area contributed by atoms with Crippen LogP contribution in [0.2, 0.25) is 0 Å². The molecule has 0 radical (unpaired) electrons. The molecule has 0 spiro atoms. The van der Waals surface area contributed by atoms with Crippen molar-refractivity contribution in [2.75, 3.05) is 20.2 Å². The molecule has 1 heterocycles. The molecule has 0 aromatic heterocycles. The van der Waals surface area contributed by atoms with E-state index >= 15 is 0 Å². The Labute approximate surface area is 97.2 Å². The lowest BCUT2D eigenvalue weighted by Gasteiger charge is -2.31. The first-order chi connectivity index (χ1) is 7.22. The maximum Gasteiger partial charge on any atom is 0.253 e. The lowest BCUT2D eigenvalue weighted by Crippen LogP contribution is -2.41. The molecule has 0 aliphatic carbocycles. The van der Waals surface area contributed by atoms with Gasteiger partial charge in [-0.15, -0.1) is 0 Å². The molecule has 15 heavy (non-hydrogen) atoms. The van der Waals surface area contributed by atoms with Gasteiger partial charge >= 0.3 is 0 Å². The largest absolute Gasteiger partial charge is 0.496 e. The van der Waals surface area contributed by atoms with Crippen molar-refractivity contribution in [3.63, 3.8) is 0 Å². The topological polar surface area (TPSA) is 29.5 Å². The fraction of sp³-hybridized carbons (Fsp3) is 0.364. The zero-order chi connectivity index (χ0) is 10.8. The van der Waals surface area contributed by atoms with E-state index in [1.807, 2.05) is 17.0 Å². The van der Waals surface area contributed by atoms with Crippen LogP contribution < -0.4 is 4.74 Å². The summed E-state index contributed by atoms with van der Waals surface area (Å²) < 4.78 is 6.02. The highest BCUT2D eigenvalue weighted by molar-refractivity contribution is 9.10. The number of amides is 1. The number of likely N-dealkylation sites (tertiary alicyclic amines) is 1. The molecule has 1 aromatic carbocycles. The molecule has 80 valence electrons. The zero-order valence-electron chi connectivity index (χ0n) is 8.50. The minimum atomic E-state index is 0.0899. The molecule has 4 heteroatoms. The number of methoxy groups -OCH3 is 1. The molecule has 1 fully saturated rings. The monoisotopic (exact) mass is 269 g/mol. The molecule has 1 aliphatic heterocycles. The third-order valence-corrected chi connectivity index (χ3v) is 3.20. The number of ether oxygens (including phenoxy) is 1. The van der Waals surface area contributed by atoms with E-state index in [9.17, 15) is 4.79 Å². The van der Waals surface area contributed by atoms with E-state index in [4.69, 9.17) is 4.74 Å². The van der Waals surface area contributed by atoms with E-state index in [1.165, 1.54) is 0 Å². The molecule has 0 saturated carbocycles. The number of benzene rings is 1. The third-order valence-electron chi connectivity index (χ3n) is 2.54. The van der Waals surface area contributed by atoms with Crippen LogP contribution in [0, 0.1) is 0 Å². The number of halogens is 1. The van der Waals surface area contributed by atoms with Gasteiger partial charge in [0, 0.05) is 18.7 Å². The van der Waals surface area contributed by atoms with Crippen molar-refractivity contribution in [2.24, 2.45) is 0 Å². The molecular weight excluding hydrogens is 258 g/mol. The van der Waals surface area contributed by atoms with Crippen molar-refractivity contribution in [1.82, 2.24) is 4.90 Å². The van der Waals surface area contributed by atoms with Crippen LogP contribution in [-0.4, -0.2) is 31.0 Å². The predicted octanol–water partition coefficient (Wildman–Crippen LogP) is 2.30. The molecule has 0 unspecified atom stereocenters. The van der Waals surface area contributed by atoms with Gasteiger partial charge < -0.3 is 9.64 Å². The van der Waals surface area contributed by atoms with Gasteiger partial charge in [0.25, 0.3) is 5.91 Å². The van der Waals surface area contributed by atoms with E-state index in [0.29, 0.717) is 11.3 Å². The van der Waals surface area contributed by atoms with Crippen LogP contribution in [0.5, 0.6) is 5.75 Å². The Balaban J connectivity index is 2.24. The minimum absolute atomic E-state index is 0.0899. The summed E-state index contributed by atoms with van der Waals surface area (Å²) in [5.74, 6) is 0.786. The number of carbonyl (C=O) groups is 1. The van der Waals surface area contributed by atoms with Crippen molar-refractivity contribution in [3.8, 4) is 5.75 Å². The first-order valence-corrected chi connectivity index (χ1v) is 5.64. The maximum absolute atomic E-state index is 11.9. The van der Waals surface area contributed by atoms with Crippen LogP contribution in [0.3, 0.4) is 0 Å². The van der Waals surface area contributed by atoms with Crippen molar-refractivity contribution >= 4 is 21.8 Å². The molecule has 1 saturated heterocycles. The second kappa shape index (κ2) is 4.23. The fourth-order valence-electron chi connectivity index (χ4n) is 1.49. The Morgan fingerprint density at radius 2 is 2.20 bits per heavy atom. The van der Waals surface area contributed by atoms with Crippen molar-refractivity contribution in [1.29, 1.82) is 0 Å². The van der Waals surface area contributed by atoms with Crippen molar-refractivity contribution in [3.05, 3.63) is 28.2 Å². The molecule has 1 aliphatic rings. The van der Waals surface area contributed by atoms with E-state index in [1.54, 1.807) is 13.2 Å². The lowest BCUT2D eigenvalue weighted by molar-refractivity contribution is 0.0651. The van der Waals surface area contributed by atoms with Gasteiger partial charge in [-0.2, -0.15) is 0 Å². The van der Waals surface area contributed by atoms with E-state index in [-0.39, 0.29) is 5.91 Å². The van der Waals surface area contributed by atoms with Gasteiger partial charge in [0.2, 0.25) is 0 Å². The third kappa shape index (κ3) is 2.00. The molecule has 0 N–H and O–H groups in total. The molecule has 3 nitrogen and oxygen atoms in total. The van der Waals surface area contributed by atoms with Crippen LogP contribution in [0.4, 0.5) is 0 Å². The first-order valence-electron chi connectivity index (χ1n) is 4.85. The normalized spacial score (nSPS) is 14.7. The average Bonchev–Trinajstić information content (AvgIpc) is 2.15. The number of hydrogen-bond donors (Lipinski definition) is 0. The summed E-state index contributed by atoms with van der Waals surface area (Å²) in [4.78, 5) is 13.7. The summed E-state index contributed by atoms with van der Waals surface area (Å²) in [6.45, 7) is 1.74. The van der Waals surface area contributed by atoms with E-state index in [2.05, 4.69) is 15.9 Å². The highest BCUT2D eigenvalue weighted by atomic mass is 79.9. The maximum atomic E-state index is 11.9. The summed E-state index contributed by atoms with van der Waals surface area (Å²) >= 11 is 3.36. The Bertz CT molecular complexity index is 388. The SMILES string of the molecule is COc1cc(C(=O)N2CCC2)ccc1Br. The minimum Gasteiger partial charge on any atom is -0.496 e. The number of carbonyl (C=O) groups excluding carboxylic acids is 1. The van der Waals surface area contributed by atoms with Gasteiger partial charge in [-0.3, -0.25) is 4.79 Å². The molecule has 0 atom stereocenters. The highest BCUT2D eigenvalue weighted by Gasteiger charge is 2.22. The Morgan fingerprint density at radius 1 is 1.47 bits per heavy atom. The molecule has 0 bridgehead atoms. The van der Waals surface area contributed by atoms with Gasteiger partial charge in [-0.25, -0.2) is 0 Å². The first kappa shape index (κ1) is 10.5. The molecular formula is C11H12BrNO2. The fourth-order valence-corrected chi connectivity index (χ4v) is 1.90. The van der Waals surface area contributed by atoms with Gasteiger partial charge in [-0.1, -0.05) is 0 Å². The number of nitrogens with zero attached hydrogens (tertiary/aromatic N) is 1. The summed E-state index contributed by atoms with van der Waals surface area (Å²) in [6.07, 6.45) is 1.11. The standard InChI is InChI=1S/C11H12BrNO2/c1-15-10-7-8(3-4-9(10)12)11(14)13-5-2-6-13/h3-4,7H,2,5-6H2,1H3. The summed E-state index contributed by atoms with van der Waals surface area (Å²) in [7, 11) is 1.60. The average molecular weight is 270 g/mol. The van der Waals surface area contributed by atoms with Gasteiger partial charge in [0.15, 0.2) is 0 Å². The van der Waals surface area contributed by atoms with Crippen molar-refractivity contribution < 1.29 is 9.53 Å². The number of rotatable bonds is 2. The summed E-state index contributed by atoms with van der Waals surface area (Å²) in [6, 6.07) is 5.42. The van der Waals surface area contributed by atoms with E-state index in [0.717, 1.165) is 24.0 Å². The quantitative estimate of drug-likeness (QED) is 0.825. The second-order valence-corrected chi connectivity index (χ2v) is 4.35. The lowest BCUT2D eigenvalue weighted by atomic mass is 10.1. The highest BCUT2D eigenvalue weighted by Crippen LogP contribution is 2.26. The number of hydrogen-bond acceptors (Lipinski definition) is 2. The molecule has 1 aromatic rings. The molecule has 2 rings (SSSR count). The Morgan fingerprint density at radius 3 is 2.73 bits per heavy atom. The second-order valence-electron chi connectivity index (χ2n) is 3.50. The van der Waals surface area contributed by atoms with Crippen molar-refractivity contribution in [2.45, 2.75) is 6.42 Å². The van der Waals surface area contributed by atoms with E-state index < -0.39 is 0 Å². The van der Waals surface area contributed by atoms with Crippen LogP contribution in [0.15, 0.2) is 22.7 Å². The predicted molar refractivity (Wildman–Crippen MR) is 61.2 cm³/mol. The van der Waals surface area contributed by atoms with Crippen LogP contribution in [-0.2, 0) is 0 Å².